The number of carbonyl (C=O) groups excluding carboxylic acids is 2. The lowest BCUT2D eigenvalue weighted by Crippen LogP contribution is -2.07. The van der Waals surface area contributed by atoms with Crippen LogP contribution in [0.4, 0.5) is 15.2 Å². The maximum absolute atomic E-state index is 14.3. The molecule has 0 saturated carbocycles. The van der Waals surface area contributed by atoms with Crippen LogP contribution in [0, 0.1) is 12.7 Å². The summed E-state index contributed by atoms with van der Waals surface area (Å²) in [7, 11) is 0. The molecule has 0 saturated heterocycles. The second-order valence-corrected chi connectivity index (χ2v) is 7.45. The minimum atomic E-state index is -0.511. The van der Waals surface area contributed by atoms with Gasteiger partial charge in [0, 0.05) is 35.0 Å². The molecule has 6 nitrogen and oxygen atoms in total. The first-order valence-corrected chi connectivity index (χ1v) is 9.61. The largest absolute Gasteiger partial charge is 0.326 e. The van der Waals surface area contributed by atoms with Crippen LogP contribution in [0.5, 0.6) is 0 Å². The minimum absolute atomic E-state index is 0.276. The van der Waals surface area contributed by atoms with Gasteiger partial charge in [-0.15, -0.1) is 22.7 Å². The number of aromatic nitrogens is 2. The van der Waals surface area contributed by atoms with Gasteiger partial charge in [-0.05, 0) is 31.2 Å². The van der Waals surface area contributed by atoms with Gasteiger partial charge in [-0.3, -0.25) is 14.9 Å². The van der Waals surface area contributed by atoms with Crippen LogP contribution in [0.1, 0.15) is 17.6 Å². The Kier molecular flexibility index (Phi) is 5.72. The SMILES string of the molecule is CC(=O)Nc1ccc(-c2csc(NC(=O)/C=C/c3csc(C)n3)n2)c(F)c1. The van der Waals surface area contributed by atoms with E-state index in [0.29, 0.717) is 22.2 Å². The Morgan fingerprint density at radius 3 is 2.63 bits per heavy atom. The van der Waals surface area contributed by atoms with Gasteiger partial charge in [0.25, 0.3) is 0 Å². The summed E-state index contributed by atoms with van der Waals surface area (Å²) < 4.78 is 14.3. The van der Waals surface area contributed by atoms with Crippen LogP contribution in [-0.4, -0.2) is 21.8 Å². The lowest BCUT2D eigenvalue weighted by molar-refractivity contribution is -0.114. The van der Waals surface area contributed by atoms with Crippen LogP contribution in [0.15, 0.2) is 35.0 Å². The second kappa shape index (κ2) is 8.19. The van der Waals surface area contributed by atoms with E-state index in [9.17, 15) is 14.0 Å². The van der Waals surface area contributed by atoms with Crippen molar-refractivity contribution in [2.24, 2.45) is 0 Å². The molecule has 2 amide bonds. The van der Waals surface area contributed by atoms with Crippen molar-refractivity contribution in [2.45, 2.75) is 13.8 Å². The summed E-state index contributed by atoms with van der Waals surface area (Å²) in [4.78, 5) is 31.5. The number of thiazole rings is 2. The van der Waals surface area contributed by atoms with Crippen molar-refractivity contribution in [2.75, 3.05) is 10.6 Å². The lowest BCUT2D eigenvalue weighted by Gasteiger charge is -2.04. The number of hydrogen-bond donors (Lipinski definition) is 2. The maximum atomic E-state index is 14.3. The summed E-state index contributed by atoms with van der Waals surface area (Å²) in [5.74, 6) is -1.13. The topological polar surface area (TPSA) is 84.0 Å². The molecule has 0 aliphatic rings. The molecule has 0 aliphatic heterocycles. The van der Waals surface area contributed by atoms with Gasteiger partial charge in [0.1, 0.15) is 5.82 Å². The second-order valence-electron chi connectivity index (χ2n) is 5.53. The van der Waals surface area contributed by atoms with Crippen molar-refractivity contribution in [3.8, 4) is 11.3 Å². The van der Waals surface area contributed by atoms with Gasteiger partial charge in [-0.25, -0.2) is 14.4 Å². The zero-order valence-corrected chi connectivity index (χ0v) is 16.1. The summed E-state index contributed by atoms with van der Waals surface area (Å²) in [6.07, 6.45) is 2.99. The Hall–Kier alpha value is -2.91. The highest BCUT2D eigenvalue weighted by Crippen LogP contribution is 2.28. The average Bonchev–Trinajstić information content (AvgIpc) is 3.21. The highest BCUT2D eigenvalue weighted by Gasteiger charge is 2.11. The molecule has 0 radical (unpaired) electrons. The normalized spacial score (nSPS) is 10.9. The molecule has 27 heavy (non-hydrogen) atoms. The molecular weight excluding hydrogens is 387 g/mol. The Labute approximate surface area is 162 Å². The number of hydrogen-bond acceptors (Lipinski definition) is 6. The monoisotopic (exact) mass is 402 g/mol. The number of benzene rings is 1. The molecule has 0 atom stereocenters. The number of nitrogens with zero attached hydrogens (tertiary/aromatic N) is 2. The number of halogens is 1. The number of rotatable bonds is 5. The number of carbonyl (C=O) groups is 2. The van der Waals surface area contributed by atoms with Gasteiger partial charge in [0.2, 0.25) is 11.8 Å². The zero-order valence-electron chi connectivity index (χ0n) is 14.4. The molecule has 0 aliphatic carbocycles. The van der Waals surface area contributed by atoms with Gasteiger partial charge < -0.3 is 5.32 Å². The quantitative estimate of drug-likeness (QED) is 0.623. The van der Waals surface area contributed by atoms with Crippen molar-refractivity contribution in [1.82, 2.24) is 9.97 Å². The van der Waals surface area contributed by atoms with Crippen LogP contribution in [-0.2, 0) is 9.59 Å². The van der Waals surface area contributed by atoms with E-state index in [1.807, 2.05) is 12.3 Å². The average molecular weight is 402 g/mol. The molecule has 1 aromatic carbocycles. The van der Waals surface area contributed by atoms with Crippen molar-refractivity contribution >= 4 is 51.4 Å². The fraction of sp³-hybridized carbons (Fsp3) is 0.111. The molecule has 2 N–H and O–H groups in total. The van der Waals surface area contributed by atoms with Gasteiger partial charge in [-0.2, -0.15) is 0 Å². The van der Waals surface area contributed by atoms with Crippen molar-refractivity contribution in [1.29, 1.82) is 0 Å². The lowest BCUT2D eigenvalue weighted by atomic mass is 10.1. The van der Waals surface area contributed by atoms with E-state index >= 15 is 0 Å². The Morgan fingerprint density at radius 1 is 1.15 bits per heavy atom. The fourth-order valence-corrected chi connectivity index (χ4v) is 3.52. The van der Waals surface area contributed by atoms with Gasteiger partial charge in [0.15, 0.2) is 5.13 Å². The standard InChI is InChI=1S/C18H15FN4O2S2/c1-10(24)20-12-3-5-14(15(19)7-12)16-9-27-18(22-16)23-17(25)6-4-13-8-26-11(2)21-13/h3-9H,1-2H3,(H,20,24)(H,22,23,25)/b6-4+. The summed E-state index contributed by atoms with van der Waals surface area (Å²) in [5.41, 5.74) is 1.78. The molecular formula is C18H15FN4O2S2. The van der Waals surface area contributed by atoms with Crippen LogP contribution in [0.2, 0.25) is 0 Å². The van der Waals surface area contributed by atoms with Crippen LogP contribution < -0.4 is 10.6 Å². The highest BCUT2D eigenvalue weighted by molar-refractivity contribution is 7.14. The van der Waals surface area contributed by atoms with Gasteiger partial charge >= 0.3 is 0 Å². The molecule has 3 rings (SSSR count). The molecule has 9 heteroatoms. The molecule has 3 aromatic rings. The molecule has 2 heterocycles. The van der Waals surface area contributed by atoms with Crippen LogP contribution >= 0.6 is 22.7 Å². The summed E-state index contributed by atoms with van der Waals surface area (Å²) in [5, 5.41) is 9.95. The first kappa shape index (κ1) is 18.9. The Bertz CT molecular complexity index is 1030. The predicted molar refractivity (Wildman–Crippen MR) is 106 cm³/mol. The first-order chi connectivity index (χ1) is 12.9. The summed E-state index contributed by atoms with van der Waals surface area (Å²) in [6, 6.07) is 4.36. The van der Waals surface area contributed by atoms with Crippen LogP contribution in [0.3, 0.4) is 0 Å². The predicted octanol–water partition coefficient (Wildman–Crippen LogP) is 4.32. The zero-order chi connectivity index (χ0) is 19.4. The summed E-state index contributed by atoms with van der Waals surface area (Å²) in [6.45, 7) is 3.24. The minimum Gasteiger partial charge on any atom is -0.326 e. The third-order valence-corrected chi connectivity index (χ3v) is 4.89. The van der Waals surface area contributed by atoms with Crippen molar-refractivity contribution < 1.29 is 14.0 Å². The molecule has 2 aromatic heterocycles. The van der Waals surface area contributed by atoms with E-state index in [0.717, 1.165) is 5.01 Å². The fourth-order valence-electron chi connectivity index (χ4n) is 2.22. The van der Waals surface area contributed by atoms with E-state index < -0.39 is 5.82 Å². The van der Waals surface area contributed by atoms with E-state index in [1.54, 1.807) is 17.5 Å². The highest BCUT2D eigenvalue weighted by atomic mass is 32.1. The van der Waals surface area contributed by atoms with Crippen LogP contribution in [0.25, 0.3) is 17.3 Å². The third-order valence-electron chi connectivity index (χ3n) is 3.34. The number of aryl methyl sites for hydroxylation is 1. The first-order valence-electron chi connectivity index (χ1n) is 7.85. The molecule has 0 unspecified atom stereocenters. The van der Waals surface area contributed by atoms with Gasteiger partial charge in [0.05, 0.1) is 16.4 Å². The maximum Gasteiger partial charge on any atom is 0.250 e. The summed E-state index contributed by atoms with van der Waals surface area (Å²) >= 11 is 2.70. The Balaban J connectivity index is 1.68. The smallest absolute Gasteiger partial charge is 0.250 e. The van der Waals surface area contributed by atoms with Crippen molar-refractivity contribution in [3.63, 3.8) is 0 Å². The number of amides is 2. The van der Waals surface area contributed by atoms with Gasteiger partial charge in [-0.1, -0.05) is 0 Å². The molecule has 0 bridgehead atoms. The van der Waals surface area contributed by atoms with E-state index in [1.165, 1.54) is 47.8 Å². The van der Waals surface area contributed by atoms with E-state index in [2.05, 4.69) is 20.6 Å². The molecule has 138 valence electrons. The van der Waals surface area contributed by atoms with E-state index in [-0.39, 0.29) is 17.4 Å². The third kappa shape index (κ3) is 5.05. The molecule has 0 fully saturated rings. The van der Waals surface area contributed by atoms with Crippen molar-refractivity contribution in [3.05, 3.63) is 51.6 Å². The Morgan fingerprint density at radius 2 is 1.96 bits per heavy atom. The van der Waals surface area contributed by atoms with E-state index in [4.69, 9.17) is 0 Å². The number of anilines is 2. The molecule has 0 spiro atoms. The number of nitrogens with one attached hydrogen (secondary N) is 2.